The Morgan fingerprint density at radius 3 is 2.89 bits per heavy atom. The number of aromatic nitrogens is 2. The molecule has 1 aliphatic rings. The van der Waals surface area contributed by atoms with Crippen molar-refractivity contribution in [2.75, 3.05) is 11.9 Å². The van der Waals surface area contributed by atoms with E-state index in [1.165, 1.54) is 12.1 Å². The maximum atomic E-state index is 12.9. The first-order valence-corrected chi connectivity index (χ1v) is 6.31. The number of hydrogen-bond donors (Lipinski definition) is 1. The van der Waals surface area contributed by atoms with E-state index in [0.717, 1.165) is 43.0 Å². The minimum Gasteiger partial charge on any atom is -0.369 e. The van der Waals surface area contributed by atoms with Crippen LogP contribution in [0.25, 0.3) is 0 Å². The summed E-state index contributed by atoms with van der Waals surface area (Å²) in [7, 11) is 0. The number of anilines is 1. The molecule has 0 aliphatic carbocycles. The van der Waals surface area contributed by atoms with Gasteiger partial charge in [0.2, 0.25) is 0 Å². The lowest BCUT2D eigenvalue weighted by Gasteiger charge is -2.18. The molecule has 0 saturated heterocycles. The van der Waals surface area contributed by atoms with Gasteiger partial charge in [-0.25, -0.2) is 9.37 Å². The average molecular weight is 259 g/mol. The summed E-state index contributed by atoms with van der Waals surface area (Å²) in [5.74, 6) is 1.40. The highest BCUT2D eigenvalue weighted by atomic mass is 19.1. The Labute approximate surface area is 110 Å². The number of imidazole rings is 1. The van der Waals surface area contributed by atoms with Crippen molar-refractivity contribution in [2.45, 2.75) is 19.4 Å². The predicted octanol–water partition coefficient (Wildman–Crippen LogP) is 2.24. The van der Waals surface area contributed by atoms with E-state index in [-0.39, 0.29) is 5.82 Å². The number of benzene rings is 1. The Kier molecular flexibility index (Phi) is 3.03. The monoisotopic (exact) mass is 259 g/mol. The Morgan fingerprint density at radius 2 is 2.16 bits per heavy atom. The van der Waals surface area contributed by atoms with Crippen molar-refractivity contribution >= 4 is 12.1 Å². The maximum absolute atomic E-state index is 12.9. The molecule has 0 fully saturated rings. The number of carbonyl (C=O) groups is 1. The molecule has 1 aromatic heterocycles. The summed E-state index contributed by atoms with van der Waals surface area (Å²) >= 11 is 0. The highest BCUT2D eigenvalue weighted by molar-refractivity contribution is 5.80. The Morgan fingerprint density at radius 1 is 1.37 bits per heavy atom. The fourth-order valence-electron chi connectivity index (χ4n) is 2.39. The van der Waals surface area contributed by atoms with Crippen LogP contribution in [0, 0.1) is 5.82 Å². The number of rotatable bonds is 3. The van der Waals surface area contributed by atoms with E-state index in [1.807, 2.05) is 4.57 Å². The van der Waals surface area contributed by atoms with Gasteiger partial charge in [-0.1, -0.05) is 12.1 Å². The Hall–Kier alpha value is -2.17. The number of hydrogen-bond acceptors (Lipinski definition) is 3. The van der Waals surface area contributed by atoms with Gasteiger partial charge in [-0.15, -0.1) is 0 Å². The summed E-state index contributed by atoms with van der Waals surface area (Å²) in [4.78, 5) is 15.4. The molecule has 4 nitrogen and oxygen atoms in total. The molecular weight excluding hydrogens is 245 g/mol. The lowest BCUT2D eigenvalue weighted by Crippen LogP contribution is -2.19. The van der Waals surface area contributed by atoms with E-state index in [2.05, 4.69) is 10.3 Å². The Balaban J connectivity index is 1.94. The van der Waals surface area contributed by atoms with Crippen LogP contribution in [0.1, 0.15) is 28.3 Å². The van der Waals surface area contributed by atoms with Gasteiger partial charge in [0.1, 0.15) is 23.2 Å². The Bertz CT molecular complexity index is 604. The molecule has 1 aliphatic heterocycles. The molecule has 1 N–H and O–H groups in total. The smallest absolute Gasteiger partial charge is 0.172 e. The molecule has 0 saturated carbocycles. The molecule has 1 aromatic carbocycles. The number of nitrogens with one attached hydrogen (secondary N) is 1. The minimum atomic E-state index is -0.246. The molecule has 2 aromatic rings. The largest absolute Gasteiger partial charge is 0.369 e. The average Bonchev–Trinajstić information content (AvgIpc) is 2.80. The van der Waals surface area contributed by atoms with Crippen molar-refractivity contribution in [1.82, 2.24) is 9.55 Å². The molecule has 0 atom stereocenters. The number of carbonyl (C=O) groups excluding carboxylic acids is 1. The maximum Gasteiger partial charge on any atom is 0.172 e. The lowest BCUT2D eigenvalue weighted by atomic mass is 10.1. The molecule has 3 rings (SSSR count). The van der Waals surface area contributed by atoms with Gasteiger partial charge in [-0.05, 0) is 24.1 Å². The normalized spacial score (nSPS) is 13.7. The number of halogens is 1. The molecule has 19 heavy (non-hydrogen) atoms. The van der Waals surface area contributed by atoms with Crippen LogP contribution >= 0.6 is 0 Å². The summed E-state index contributed by atoms with van der Waals surface area (Å²) in [5, 5.41) is 3.21. The second kappa shape index (κ2) is 4.84. The molecule has 98 valence electrons. The lowest BCUT2D eigenvalue weighted by molar-refractivity contribution is 0.112. The van der Waals surface area contributed by atoms with E-state index in [9.17, 15) is 9.18 Å². The molecule has 0 spiro atoms. The van der Waals surface area contributed by atoms with Crippen molar-refractivity contribution in [2.24, 2.45) is 0 Å². The van der Waals surface area contributed by atoms with Gasteiger partial charge in [0, 0.05) is 19.5 Å². The van der Waals surface area contributed by atoms with E-state index < -0.39 is 0 Å². The third-order valence-corrected chi connectivity index (χ3v) is 3.31. The van der Waals surface area contributed by atoms with Crippen molar-refractivity contribution in [3.63, 3.8) is 0 Å². The first-order chi connectivity index (χ1) is 9.28. The molecular formula is C14H14FN3O. The summed E-state index contributed by atoms with van der Waals surface area (Å²) < 4.78 is 14.9. The standard InChI is InChI=1S/C14H14FN3O/c15-11-4-2-10(3-5-11)8-13-17-12(9-19)14-16-6-1-7-18(13)14/h2-5,9,16H,1,6-8H2. The van der Waals surface area contributed by atoms with Crippen LogP contribution in [0.5, 0.6) is 0 Å². The third kappa shape index (κ3) is 2.23. The van der Waals surface area contributed by atoms with Crippen LogP contribution in [0.3, 0.4) is 0 Å². The summed E-state index contributed by atoms with van der Waals surface area (Å²) in [5.41, 5.74) is 1.44. The first kappa shape index (κ1) is 11.9. The van der Waals surface area contributed by atoms with Crippen LogP contribution in [0.15, 0.2) is 24.3 Å². The van der Waals surface area contributed by atoms with E-state index in [4.69, 9.17) is 0 Å². The molecule has 2 heterocycles. The van der Waals surface area contributed by atoms with Gasteiger partial charge in [-0.2, -0.15) is 0 Å². The zero-order chi connectivity index (χ0) is 13.2. The zero-order valence-electron chi connectivity index (χ0n) is 10.4. The highest BCUT2D eigenvalue weighted by Crippen LogP contribution is 2.22. The van der Waals surface area contributed by atoms with Crippen molar-refractivity contribution in [1.29, 1.82) is 0 Å². The van der Waals surface area contributed by atoms with Gasteiger partial charge in [0.15, 0.2) is 6.29 Å². The van der Waals surface area contributed by atoms with Gasteiger partial charge in [-0.3, -0.25) is 4.79 Å². The van der Waals surface area contributed by atoms with E-state index in [0.29, 0.717) is 12.1 Å². The van der Waals surface area contributed by atoms with Crippen LogP contribution in [0.4, 0.5) is 10.2 Å². The van der Waals surface area contributed by atoms with Crippen molar-refractivity contribution < 1.29 is 9.18 Å². The molecule has 0 radical (unpaired) electrons. The van der Waals surface area contributed by atoms with Crippen LogP contribution in [-0.2, 0) is 13.0 Å². The second-order valence-electron chi connectivity index (χ2n) is 4.61. The summed E-state index contributed by atoms with van der Waals surface area (Å²) in [6.45, 7) is 1.72. The van der Waals surface area contributed by atoms with Crippen LogP contribution in [-0.4, -0.2) is 22.4 Å². The van der Waals surface area contributed by atoms with Gasteiger partial charge >= 0.3 is 0 Å². The van der Waals surface area contributed by atoms with Crippen molar-refractivity contribution in [3.05, 3.63) is 47.2 Å². The van der Waals surface area contributed by atoms with Crippen molar-refractivity contribution in [3.8, 4) is 0 Å². The first-order valence-electron chi connectivity index (χ1n) is 6.31. The summed E-state index contributed by atoms with van der Waals surface area (Å²) in [6.07, 6.45) is 2.39. The molecule has 0 unspecified atom stereocenters. The highest BCUT2D eigenvalue weighted by Gasteiger charge is 2.19. The number of fused-ring (bicyclic) bond motifs is 1. The fraction of sp³-hybridized carbons (Fsp3) is 0.286. The third-order valence-electron chi connectivity index (χ3n) is 3.31. The SMILES string of the molecule is O=Cc1nc(Cc2ccc(F)cc2)n2c1NCCC2. The number of aldehydes is 1. The molecule has 0 bridgehead atoms. The predicted molar refractivity (Wildman–Crippen MR) is 69.9 cm³/mol. The van der Waals surface area contributed by atoms with Gasteiger partial charge < -0.3 is 9.88 Å². The van der Waals surface area contributed by atoms with Gasteiger partial charge in [0.05, 0.1) is 0 Å². The van der Waals surface area contributed by atoms with Gasteiger partial charge in [0.25, 0.3) is 0 Å². The van der Waals surface area contributed by atoms with E-state index in [1.54, 1.807) is 12.1 Å². The zero-order valence-corrected chi connectivity index (χ0v) is 10.4. The number of nitrogens with zero attached hydrogens (tertiary/aromatic N) is 2. The second-order valence-corrected chi connectivity index (χ2v) is 4.61. The van der Waals surface area contributed by atoms with E-state index >= 15 is 0 Å². The van der Waals surface area contributed by atoms with Crippen LogP contribution in [0.2, 0.25) is 0 Å². The molecule has 5 heteroatoms. The quantitative estimate of drug-likeness (QED) is 0.860. The minimum absolute atomic E-state index is 0.246. The summed E-state index contributed by atoms with van der Waals surface area (Å²) in [6, 6.07) is 6.37. The topological polar surface area (TPSA) is 46.9 Å². The fourth-order valence-corrected chi connectivity index (χ4v) is 2.39. The molecule has 0 amide bonds. The van der Waals surface area contributed by atoms with Crippen LogP contribution < -0.4 is 5.32 Å².